The molecular formula is C17H18N5NaO6S3. The van der Waals surface area contributed by atoms with Crippen LogP contribution in [0.1, 0.15) is 12.6 Å². The van der Waals surface area contributed by atoms with Crippen molar-refractivity contribution in [2.75, 3.05) is 24.7 Å². The minimum atomic E-state index is -1.49. The summed E-state index contributed by atoms with van der Waals surface area (Å²) in [5.74, 6) is -2.46. The van der Waals surface area contributed by atoms with Gasteiger partial charge < -0.3 is 30.9 Å². The molecule has 0 saturated carbocycles. The first-order chi connectivity index (χ1) is 14.9. The number of carboxylic acid groups (broad SMARTS) is 1. The van der Waals surface area contributed by atoms with E-state index in [1.807, 2.05) is 0 Å². The van der Waals surface area contributed by atoms with E-state index < -0.39 is 29.2 Å². The molecule has 3 heterocycles. The third kappa shape index (κ3) is 5.68. The van der Waals surface area contributed by atoms with E-state index in [9.17, 15) is 19.5 Å². The molecule has 1 saturated heterocycles. The maximum atomic E-state index is 12.8. The van der Waals surface area contributed by atoms with Gasteiger partial charge in [-0.3, -0.25) is 14.5 Å². The molecule has 15 heteroatoms. The van der Waals surface area contributed by atoms with Crippen LogP contribution in [0.4, 0.5) is 5.13 Å². The number of aliphatic hydroxyl groups is 1. The average molecular weight is 508 g/mol. The molecule has 0 aromatic carbocycles. The number of nitrogens with zero attached hydrogens (tertiary/aromatic N) is 3. The van der Waals surface area contributed by atoms with Crippen LogP contribution in [0.2, 0.25) is 0 Å². The van der Waals surface area contributed by atoms with Crippen LogP contribution in [0.5, 0.6) is 0 Å². The van der Waals surface area contributed by atoms with Crippen LogP contribution in [-0.2, 0) is 19.2 Å². The van der Waals surface area contributed by atoms with E-state index in [0.29, 0.717) is 10.7 Å². The molecule has 0 bridgehead atoms. The molecule has 2 aliphatic heterocycles. The standard InChI is InChI=1S/C17H19N5O6S3.Na/c1-2-28-21-10(8-6-31-17(18)19-8)13(24)20-11-14(25)22-12(16(26)27)9(7-30-15(11)22)29-5-3-4-23;/h3,5-6,11,15,23H,2,4,7H2,1H3,(H2,18,19)(H,20,24)(H,26,27);/q;+1/p-1/b5-3-,21-10-;/t11?,15-;/m1./s1. The smallest absolute Gasteiger partial charge is 0.543 e. The van der Waals surface area contributed by atoms with Gasteiger partial charge in [0.05, 0.1) is 18.3 Å². The van der Waals surface area contributed by atoms with Gasteiger partial charge in [0, 0.05) is 16.0 Å². The Morgan fingerprint density at radius 3 is 2.91 bits per heavy atom. The monoisotopic (exact) mass is 507 g/mol. The Morgan fingerprint density at radius 1 is 1.56 bits per heavy atom. The molecule has 2 amide bonds. The van der Waals surface area contributed by atoms with Crippen LogP contribution < -0.4 is 45.7 Å². The number of amides is 2. The van der Waals surface area contributed by atoms with Crippen LogP contribution in [0, 0.1) is 0 Å². The Labute approximate surface area is 217 Å². The van der Waals surface area contributed by atoms with E-state index in [-0.39, 0.29) is 65.0 Å². The molecule has 2 atom stereocenters. The Kier molecular flexibility index (Phi) is 10.1. The van der Waals surface area contributed by atoms with E-state index in [1.165, 1.54) is 23.2 Å². The first-order valence-corrected chi connectivity index (χ1v) is 11.7. The molecule has 1 aromatic heterocycles. The summed E-state index contributed by atoms with van der Waals surface area (Å²) in [5, 5.41) is 29.6. The van der Waals surface area contributed by atoms with Crippen molar-refractivity contribution < 1.29 is 59.0 Å². The number of nitrogen functional groups attached to an aromatic ring is 1. The van der Waals surface area contributed by atoms with Gasteiger partial charge in [0.1, 0.15) is 23.7 Å². The number of aliphatic carboxylic acids is 1. The fraction of sp³-hybridized carbons (Fsp3) is 0.353. The third-order valence-corrected chi connectivity index (χ3v) is 7.18. The zero-order valence-electron chi connectivity index (χ0n) is 17.1. The molecule has 2 aliphatic rings. The summed E-state index contributed by atoms with van der Waals surface area (Å²) >= 11 is 3.52. The molecule has 0 spiro atoms. The molecule has 166 valence electrons. The molecule has 0 radical (unpaired) electrons. The Balaban J connectivity index is 0.00000363. The molecule has 1 fully saturated rings. The summed E-state index contributed by atoms with van der Waals surface area (Å²) in [6.45, 7) is 1.72. The van der Waals surface area contributed by atoms with Crippen LogP contribution >= 0.6 is 34.9 Å². The number of β-lactam (4-membered cyclic amide) rings is 1. The first-order valence-electron chi connectivity index (χ1n) is 8.92. The number of thioether (sulfide) groups is 2. The zero-order chi connectivity index (χ0) is 22.5. The summed E-state index contributed by atoms with van der Waals surface area (Å²) in [4.78, 5) is 47.7. The number of rotatable bonds is 9. The van der Waals surface area contributed by atoms with Crippen molar-refractivity contribution in [2.45, 2.75) is 18.3 Å². The second-order valence-corrected chi connectivity index (χ2v) is 9.02. The number of carbonyl (C=O) groups excluding carboxylic acids is 3. The fourth-order valence-electron chi connectivity index (χ4n) is 2.78. The number of nitrogens with two attached hydrogens (primary N) is 1. The van der Waals surface area contributed by atoms with Crippen LogP contribution in [0.25, 0.3) is 0 Å². The number of carbonyl (C=O) groups is 3. The van der Waals surface area contributed by atoms with Crippen molar-refractivity contribution in [1.29, 1.82) is 0 Å². The SMILES string of the molecule is CCO/N=C(\C(=O)NC1C(=O)N2C(C(=O)[O-])=C(S/C=C\CO)CS[C@H]12)c1csc(N)n1.[Na+]. The fourth-order valence-corrected chi connectivity index (χ4v) is 5.64. The van der Waals surface area contributed by atoms with Crippen molar-refractivity contribution >= 4 is 63.5 Å². The zero-order valence-corrected chi connectivity index (χ0v) is 21.6. The summed E-state index contributed by atoms with van der Waals surface area (Å²) in [6.07, 6.45) is 1.45. The Hall–Kier alpha value is -1.55. The second-order valence-electron chi connectivity index (χ2n) is 6.02. The molecule has 0 aliphatic carbocycles. The topological polar surface area (TPSA) is 170 Å². The normalized spacial score (nSPS) is 20.5. The number of aliphatic hydroxyl groups excluding tert-OH is 1. The minimum Gasteiger partial charge on any atom is -0.543 e. The summed E-state index contributed by atoms with van der Waals surface area (Å²) in [6, 6.07) is -0.950. The number of hydrogen-bond donors (Lipinski definition) is 3. The quantitative estimate of drug-likeness (QED) is 0.130. The maximum Gasteiger partial charge on any atom is 1.00 e. The van der Waals surface area contributed by atoms with E-state index in [1.54, 1.807) is 12.3 Å². The van der Waals surface area contributed by atoms with Crippen LogP contribution in [0.3, 0.4) is 0 Å². The maximum absolute atomic E-state index is 12.8. The minimum absolute atomic E-state index is 0. The summed E-state index contributed by atoms with van der Waals surface area (Å²) in [5.41, 5.74) is 5.46. The van der Waals surface area contributed by atoms with Gasteiger partial charge in [-0.25, -0.2) is 4.98 Å². The summed E-state index contributed by atoms with van der Waals surface area (Å²) in [7, 11) is 0. The van der Waals surface area contributed by atoms with Crippen molar-refractivity contribution in [3.05, 3.63) is 33.2 Å². The third-order valence-electron chi connectivity index (χ3n) is 4.09. The van der Waals surface area contributed by atoms with Crippen LogP contribution in [0.15, 0.2) is 32.6 Å². The number of carboxylic acids is 1. The van der Waals surface area contributed by atoms with Gasteiger partial charge in [-0.2, -0.15) is 0 Å². The number of fused-ring (bicyclic) bond motifs is 1. The number of thiazole rings is 1. The Bertz CT molecular complexity index is 982. The van der Waals surface area contributed by atoms with E-state index in [0.717, 1.165) is 28.0 Å². The van der Waals surface area contributed by atoms with Gasteiger partial charge in [0.2, 0.25) is 0 Å². The molecule has 3 rings (SSSR count). The molecule has 11 nitrogen and oxygen atoms in total. The van der Waals surface area contributed by atoms with Gasteiger partial charge in [0.15, 0.2) is 10.8 Å². The van der Waals surface area contributed by atoms with Crippen molar-refractivity contribution in [3.8, 4) is 0 Å². The molecular weight excluding hydrogens is 489 g/mol. The van der Waals surface area contributed by atoms with E-state index in [2.05, 4.69) is 15.5 Å². The van der Waals surface area contributed by atoms with Gasteiger partial charge in [0.25, 0.3) is 11.8 Å². The number of hydrogen-bond acceptors (Lipinski definition) is 12. The molecule has 1 unspecified atom stereocenters. The molecule has 4 N–H and O–H groups in total. The Morgan fingerprint density at radius 2 is 2.31 bits per heavy atom. The largest absolute Gasteiger partial charge is 1.00 e. The van der Waals surface area contributed by atoms with Crippen molar-refractivity contribution in [1.82, 2.24) is 15.2 Å². The van der Waals surface area contributed by atoms with Gasteiger partial charge in [-0.05, 0) is 12.3 Å². The van der Waals surface area contributed by atoms with Crippen LogP contribution in [-0.4, -0.2) is 68.9 Å². The number of nitrogens with one attached hydrogen (secondary N) is 1. The second kappa shape index (κ2) is 12.1. The number of oxime groups is 1. The van der Waals surface area contributed by atoms with E-state index >= 15 is 0 Å². The molecule has 1 aromatic rings. The van der Waals surface area contributed by atoms with Crippen molar-refractivity contribution in [2.24, 2.45) is 5.16 Å². The summed E-state index contributed by atoms with van der Waals surface area (Å²) < 4.78 is 0. The van der Waals surface area contributed by atoms with E-state index in [4.69, 9.17) is 15.7 Å². The van der Waals surface area contributed by atoms with Gasteiger partial charge in [-0.1, -0.05) is 23.0 Å². The predicted octanol–water partition coefficient (Wildman–Crippen LogP) is -3.93. The first kappa shape index (κ1) is 26.7. The van der Waals surface area contributed by atoms with Gasteiger partial charge in [-0.15, -0.1) is 23.1 Å². The van der Waals surface area contributed by atoms with Gasteiger partial charge >= 0.3 is 29.6 Å². The number of anilines is 1. The predicted molar refractivity (Wildman–Crippen MR) is 116 cm³/mol. The number of aromatic nitrogens is 1. The molecule has 32 heavy (non-hydrogen) atoms. The average Bonchev–Trinajstić information content (AvgIpc) is 3.17. The van der Waals surface area contributed by atoms with Crippen molar-refractivity contribution in [3.63, 3.8) is 0 Å².